The molecule has 130 valence electrons. The Kier molecular flexibility index (Phi) is 5.40. The Balaban J connectivity index is 1.41. The van der Waals surface area contributed by atoms with Gasteiger partial charge in [-0.2, -0.15) is 0 Å². The molecule has 2 heterocycles. The van der Waals surface area contributed by atoms with Gasteiger partial charge in [0.15, 0.2) is 12.3 Å². The molecule has 2 aromatic heterocycles. The van der Waals surface area contributed by atoms with E-state index in [2.05, 4.69) is 15.3 Å². The summed E-state index contributed by atoms with van der Waals surface area (Å²) in [6.45, 7) is 0.959. The van der Waals surface area contributed by atoms with Crippen LogP contribution >= 0.6 is 0 Å². The van der Waals surface area contributed by atoms with Gasteiger partial charge in [-0.3, -0.25) is 4.68 Å². The Morgan fingerprint density at radius 3 is 2.76 bits per heavy atom. The molecule has 8 heteroatoms. The number of nitrogens with zero attached hydrogens (tertiary/aromatic N) is 4. The van der Waals surface area contributed by atoms with Crippen LogP contribution < -0.4 is 4.74 Å². The fourth-order valence-corrected chi connectivity index (χ4v) is 2.33. The van der Waals surface area contributed by atoms with Crippen LogP contribution in [0.15, 0.2) is 47.3 Å². The van der Waals surface area contributed by atoms with E-state index in [4.69, 9.17) is 14.3 Å². The molecule has 1 aromatic carbocycles. The number of carboxylic acids is 1. The fourth-order valence-electron chi connectivity index (χ4n) is 2.33. The predicted molar refractivity (Wildman–Crippen MR) is 87.2 cm³/mol. The van der Waals surface area contributed by atoms with Crippen LogP contribution in [0.2, 0.25) is 0 Å². The Morgan fingerprint density at radius 1 is 1.24 bits per heavy atom. The lowest BCUT2D eigenvalue weighted by molar-refractivity contribution is 0.0690. The van der Waals surface area contributed by atoms with E-state index in [1.54, 1.807) is 6.20 Å². The van der Waals surface area contributed by atoms with Crippen molar-refractivity contribution in [1.82, 2.24) is 20.0 Å². The molecule has 0 radical (unpaired) electrons. The van der Waals surface area contributed by atoms with Crippen LogP contribution in [-0.2, 0) is 19.6 Å². The number of unbranched alkanes of at least 4 members (excludes halogenated alkanes) is 1. The molecule has 0 fully saturated rings. The number of aromatic nitrogens is 4. The highest BCUT2D eigenvalue weighted by molar-refractivity contribution is 5.84. The highest BCUT2D eigenvalue weighted by Crippen LogP contribution is 2.16. The quantitative estimate of drug-likeness (QED) is 0.596. The molecule has 1 N–H and O–H groups in total. The highest BCUT2D eigenvalue weighted by Gasteiger charge is 2.10. The van der Waals surface area contributed by atoms with Crippen LogP contribution in [0.4, 0.5) is 0 Å². The van der Waals surface area contributed by atoms with Crippen molar-refractivity contribution in [2.45, 2.75) is 32.4 Å². The summed E-state index contributed by atoms with van der Waals surface area (Å²) in [5, 5.41) is 16.5. The van der Waals surface area contributed by atoms with Gasteiger partial charge >= 0.3 is 5.97 Å². The van der Waals surface area contributed by atoms with Crippen LogP contribution in [-0.4, -0.2) is 31.1 Å². The normalized spacial score (nSPS) is 10.7. The Labute approximate surface area is 144 Å². The first-order valence-electron chi connectivity index (χ1n) is 7.94. The molecule has 25 heavy (non-hydrogen) atoms. The Bertz CT molecular complexity index is 796. The number of ether oxygens (including phenoxy) is 1. The zero-order valence-electron chi connectivity index (χ0n) is 13.5. The smallest absolute Gasteiger partial charge is 0.357 e. The third-order valence-corrected chi connectivity index (χ3v) is 3.63. The van der Waals surface area contributed by atoms with E-state index in [9.17, 15) is 4.79 Å². The summed E-state index contributed by atoms with van der Waals surface area (Å²) >= 11 is 0. The molecule has 0 saturated carbocycles. The molecule has 0 amide bonds. The van der Waals surface area contributed by atoms with Crippen LogP contribution in [0, 0.1) is 0 Å². The van der Waals surface area contributed by atoms with Gasteiger partial charge < -0.3 is 14.3 Å². The van der Waals surface area contributed by atoms with Crippen molar-refractivity contribution in [2.24, 2.45) is 0 Å². The fraction of sp³-hybridized carbons (Fsp3) is 0.294. The minimum atomic E-state index is -1.12. The topological polar surface area (TPSA) is 103 Å². The number of benzene rings is 1. The summed E-state index contributed by atoms with van der Waals surface area (Å²) in [7, 11) is 0. The summed E-state index contributed by atoms with van der Waals surface area (Å²) in [5.41, 5.74) is 1.11. The maximum Gasteiger partial charge on any atom is 0.357 e. The maximum absolute atomic E-state index is 10.7. The van der Waals surface area contributed by atoms with Crippen molar-refractivity contribution in [2.75, 3.05) is 0 Å². The van der Waals surface area contributed by atoms with Crippen molar-refractivity contribution >= 4 is 5.97 Å². The standard InChI is InChI=1S/C17H18N4O4/c22-17(23)15-11-25-16(19-15)12-24-14-6-4-13(5-7-14)3-1-2-9-21-10-8-18-20-21/h4-8,10-11H,1-3,9,12H2,(H,22,23). The molecule has 0 spiro atoms. The summed E-state index contributed by atoms with van der Waals surface area (Å²) in [6, 6.07) is 7.80. The number of carboxylic acid groups (broad SMARTS) is 1. The largest absolute Gasteiger partial charge is 0.484 e. The Morgan fingerprint density at radius 2 is 2.08 bits per heavy atom. The third kappa shape index (κ3) is 4.90. The van der Waals surface area contributed by atoms with Gasteiger partial charge in [0.25, 0.3) is 0 Å². The van der Waals surface area contributed by atoms with Gasteiger partial charge in [-0.05, 0) is 37.0 Å². The number of hydrogen-bond donors (Lipinski definition) is 1. The molecular formula is C17H18N4O4. The first-order chi connectivity index (χ1) is 12.2. The Hall–Kier alpha value is -3.16. The van der Waals surface area contributed by atoms with E-state index in [1.807, 2.05) is 35.1 Å². The van der Waals surface area contributed by atoms with Gasteiger partial charge in [0.1, 0.15) is 12.0 Å². The van der Waals surface area contributed by atoms with Crippen molar-refractivity contribution in [3.8, 4) is 5.75 Å². The second-order valence-corrected chi connectivity index (χ2v) is 5.49. The van der Waals surface area contributed by atoms with E-state index in [1.165, 1.54) is 5.56 Å². The minimum Gasteiger partial charge on any atom is -0.484 e. The summed E-state index contributed by atoms with van der Waals surface area (Å²) < 4.78 is 12.4. The minimum absolute atomic E-state index is 0.0878. The van der Waals surface area contributed by atoms with Gasteiger partial charge in [0.2, 0.25) is 5.89 Å². The zero-order chi connectivity index (χ0) is 17.5. The number of carbonyl (C=O) groups is 1. The molecule has 0 atom stereocenters. The molecular weight excluding hydrogens is 324 g/mol. The second kappa shape index (κ2) is 8.09. The summed E-state index contributed by atoms with van der Waals surface area (Å²) in [4.78, 5) is 14.5. The first kappa shape index (κ1) is 16.7. The van der Waals surface area contributed by atoms with Crippen LogP contribution in [0.3, 0.4) is 0 Å². The van der Waals surface area contributed by atoms with Crippen molar-refractivity contribution in [1.29, 1.82) is 0 Å². The summed E-state index contributed by atoms with van der Waals surface area (Å²) in [6.07, 6.45) is 7.73. The van der Waals surface area contributed by atoms with Gasteiger partial charge in [-0.1, -0.05) is 17.3 Å². The SMILES string of the molecule is O=C(O)c1coc(COc2ccc(CCCCn3ccnn3)cc2)n1. The highest BCUT2D eigenvalue weighted by atomic mass is 16.5. The van der Waals surface area contributed by atoms with Gasteiger partial charge in [-0.15, -0.1) is 5.10 Å². The molecule has 3 aromatic rings. The number of aryl methyl sites for hydroxylation is 2. The maximum atomic E-state index is 10.7. The van der Waals surface area contributed by atoms with Gasteiger partial charge in [-0.25, -0.2) is 9.78 Å². The first-order valence-corrected chi connectivity index (χ1v) is 7.94. The number of hydrogen-bond acceptors (Lipinski definition) is 6. The van der Waals surface area contributed by atoms with E-state index < -0.39 is 5.97 Å². The number of rotatable bonds is 9. The second-order valence-electron chi connectivity index (χ2n) is 5.49. The molecule has 0 aliphatic carbocycles. The monoisotopic (exact) mass is 342 g/mol. The summed E-state index contributed by atoms with van der Waals surface area (Å²) in [5.74, 6) is -0.209. The molecule has 0 aliphatic rings. The predicted octanol–water partition coefficient (Wildman–Crippen LogP) is 2.57. The van der Waals surface area contributed by atoms with E-state index in [0.717, 1.165) is 32.1 Å². The lowest BCUT2D eigenvalue weighted by atomic mass is 10.1. The number of oxazole rings is 1. The molecule has 0 aliphatic heterocycles. The van der Waals surface area contributed by atoms with Gasteiger partial charge in [0, 0.05) is 12.7 Å². The van der Waals surface area contributed by atoms with E-state index >= 15 is 0 Å². The van der Waals surface area contributed by atoms with Gasteiger partial charge in [0.05, 0.1) is 6.20 Å². The molecule has 3 rings (SSSR count). The van der Waals surface area contributed by atoms with Crippen LogP contribution in [0.5, 0.6) is 5.75 Å². The molecule has 0 saturated heterocycles. The van der Waals surface area contributed by atoms with E-state index in [0.29, 0.717) is 5.75 Å². The lowest BCUT2D eigenvalue weighted by Crippen LogP contribution is -2.00. The van der Waals surface area contributed by atoms with Crippen molar-refractivity contribution in [3.63, 3.8) is 0 Å². The lowest BCUT2D eigenvalue weighted by Gasteiger charge is -2.06. The molecule has 8 nitrogen and oxygen atoms in total. The van der Waals surface area contributed by atoms with Crippen LogP contribution in [0.1, 0.15) is 34.8 Å². The van der Waals surface area contributed by atoms with Crippen molar-refractivity contribution < 1.29 is 19.1 Å². The van der Waals surface area contributed by atoms with E-state index in [-0.39, 0.29) is 18.2 Å². The van der Waals surface area contributed by atoms with Crippen molar-refractivity contribution in [3.05, 3.63) is 60.1 Å². The zero-order valence-corrected chi connectivity index (χ0v) is 13.5. The third-order valence-electron chi connectivity index (χ3n) is 3.63. The average molecular weight is 342 g/mol. The average Bonchev–Trinajstić information content (AvgIpc) is 3.30. The molecule has 0 unspecified atom stereocenters. The molecule has 0 bridgehead atoms. The van der Waals surface area contributed by atoms with Crippen LogP contribution in [0.25, 0.3) is 0 Å². The number of aromatic carboxylic acids is 1.